The van der Waals surface area contributed by atoms with Crippen molar-refractivity contribution in [1.29, 1.82) is 0 Å². The average Bonchev–Trinajstić information content (AvgIpc) is 3.13. The molecule has 1 aromatic heterocycles. The second-order valence-electron chi connectivity index (χ2n) is 6.34. The summed E-state index contributed by atoms with van der Waals surface area (Å²) >= 11 is 0. The highest BCUT2D eigenvalue weighted by atomic mass is 32.2. The lowest BCUT2D eigenvalue weighted by molar-refractivity contribution is 0.120. The van der Waals surface area contributed by atoms with E-state index in [1.165, 1.54) is 0 Å². The Labute approximate surface area is 137 Å². The van der Waals surface area contributed by atoms with E-state index in [1.807, 2.05) is 24.9 Å². The van der Waals surface area contributed by atoms with E-state index >= 15 is 0 Å². The molecule has 2 fully saturated rings. The molecule has 3 rings (SSSR count). The van der Waals surface area contributed by atoms with Crippen LogP contribution in [0.25, 0.3) is 0 Å². The van der Waals surface area contributed by atoms with Crippen LogP contribution in [0.5, 0.6) is 0 Å². The number of nitrogens with zero attached hydrogens (tertiary/aromatic N) is 3. The van der Waals surface area contributed by atoms with Crippen LogP contribution in [0, 0.1) is 6.92 Å². The Kier molecular flexibility index (Phi) is 4.72. The molecule has 2 unspecified atom stereocenters. The molecule has 2 aliphatic rings. The molecular formula is C15H24N4O3S. The Morgan fingerprint density at radius 3 is 2.87 bits per heavy atom. The zero-order chi connectivity index (χ0) is 16.4. The third kappa shape index (κ3) is 4.11. The Hall–Kier alpha value is -1.41. The molecule has 0 aromatic carbocycles. The summed E-state index contributed by atoms with van der Waals surface area (Å²) in [5.74, 6) is 2.65. The van der Waals surface area contributed by atoms with Gasteiger partial charge in [0.2, 0.25) is 0 Å². The molecule has 2 atom stereocenters. The summed E-state index contributed by atoms with van der Waals surface area (Å²) in [4.78, 5) is 10.8. The van der Waals surface area contributed by atoms with E-state index in [4.69, 9.17) is 4.74 Å². The first kappa shape index (κ1) is 16.4. The largest absolute Gasteiger partial charge is 0.376 e. The first-order valence-corrected chi connectivity index (χ1v) is 9.89. The van der Waals surface area contributed by atoms with E-state index in [2.05, 4.69) is 15.3 Å². The molecule has 3 heterocycles. The highest BCUT2D eigenvalue weighted by Gasteiger charge is 2.31. The van der Waals surface area contributed by atoms with Crippen LogP contribution in [0.2, 0.25) is 0 Å². The third-order valence-corrected chi connectivity index (χ3v) is 6.23. The van der Waals surface area contributed by atoms with Crippen molar-refractivity contribution in [3.63, 3.8) is 0 Å². The second-order valence-corrected chi connectivity index (χ2v) is 8.57. The van der Waals surface area contributed by atoms with Gasteiger partial charge in [0.1, 0.15) is 17.5 Å². The van der Waals surface area contributed by atoms with Crippen LogP contribution in [-0.4, -0.2) is 62.2 Å². The molecule has 0 spiro atoms. The SMILES string of the molecule is Cc1nc(NCC2CCCO2)cc(N(C)C2CCS(=O)(=O)C2)n1. The number of hydrogen-bond donors (Lipinski definition) is 1. The zero-order valence-corrected chi connectivity index (χ0v) is 14.5. The standard InChI is InChI=1S/C15H24N4O3S/c1-11-17-14(16-9-13-4-3-6-22-13)8-15(18-11)19(2)12-5-7-23(20,21)10-12/h8,12-13H,3-7,9-10H2,1-2H3,(H,16,17,18). The number of anilines is 2. The Bertz CT molecular complexity index is 659. The summed E-state index contributed by atoms with van der Waals surface area (Å²) in [6, 6.07) is 1.87. The minimum Gasteiger partial charge on any atom is -0.376 e. The topological polar surface area (TPSA) is 84.4 Å². The van der Waals surface area contributed by atoms with Crippen molar-refractivity contribution in [2.45, 2.75) is 38.3 Å². The highest BCUT2D eigenvalue weighted by Crippen LogP contribution is 2.23. The molecular weight excluding hydrogens is 316 g/mol. The van der Waals surface area contributed by atoms with Gasteiger partial charge in [-0.2, -0.15) is 0 Å². The summed E-state index contributed by atoms with van der Waals surface area (Å²) in [6.45, 7) is 3.41. The lowest BCUT2D eigenvalue weighted by atomic mass is 10.2. The summed E-state index contributed by atoms with van der Waals surface area (Å²) in [7, 11) is -1.01. The van der Waals surface area contributed by atoms with Crippen LogP contribution < -0.4 is 10.2 Å². The molecule has 128 valence electrons. The maximum atomic E-state index is 11.7. The van der Waals surface area contributed by atoms with Gasteiger partial charge in [0.25, 0.3) is 0 Å². The fourth-order valence-corrected chi connectivity index (χ4v) is 4.89. The minimum absolute atomic E-state index is 0.0136. The number of rotatable bonds is 5. The minimum atomic E-state index is -2.91. The van der Waals surface area contributed by atoms with Gasteiger partial charge < -0.3 is 15.0 Å². The maximum Gasteiger partial charge on any atom is 0.152 e. The lowest BCUT2D eigenvalue weighted by Crippen LogP contribution is -2.33. The van der Waals surface area contributed by atoms with Crippen molar-refractivity contribution in [3.05, 3.63) is 11.9 Å². The smallest absolute Gasteiger partial charge is 0.152 e. The van der Waals surface area contributed by atoms with Gasteiger partial charge in [-0.1, -0.05) is 0 Å². The van der Waals surface area contributed by atoms with Gasteiger partial charge in [-0.05, 0) is 26.2 Å². The van der Waals surface area contributed by atoms with Crippen LogP contribution in [-0.2, 0) is 14.6 Å². The van der Waals surface area contributed by atoms with E-state index in [0.717, 1.165) is 37.6 Å². The molecule has 7 nitrogen and oxygen atoms in total. The first-order valence-electron chi connectivity index (χ1n) is 8.07. The van der Waals surface area contributed by atoms with Crippen molar-refractivity contribution >= 4 is 21.5 Å². The summed E-state index contributed by atoms with van der Waals surface area (Å²) in [5, 5.41) is 3.31. The molecule has 0 radical (unpaired) electrons. The highest BCUT2D eigenvalue weighted by molar-refractivity contribution is 7.91. The number of sulfone groups is 1. The van der Waals surface area contributed by atoms with Crippen LogP contribution in [0.15, 0.2) is 6.07 Å². The Morgan fingerprint density at radius 1 is 1.39 bits per heavy atom. The average molecular weight is 340 g/mol. The number of nitrogens with one attached hydrogen (secondary N) is 1. The molecule has 0 amide bonds. The van der Waals surface area contributed by atoms with Gasteiger partial charge in [0.15, 0.2) is 9.84 Å². The summed E-state index contributed by atoms with van der Waals surface area (Å²) in [5.41, 5.74) is 0. The van der Waals surface area contributed by atoms with Gasteiger partial charge in [-0.15, -0.1) is 0 Å². The van der Waals surface area contributed by atoms with Crippen molar-refractivity contribution < 1.29 is 13.2 Å². The van der Waals surface area contributed by atoms with Crippen molar-refractivity contribution in [1.82, 2.24) is 9.97 Å². The third-order valence-electron chi connectivity index (χ3n) is 4.48. The molecule has 23 heavy (non-hydrogen) atoms. The number of aryl methyl sites for hydroxylation is 1. The number of aromatic nitrogens is 2. The van der Waals surface area contributed by atoms with Crippen molar-refractivity contribution in [3.8, 4) is 0 Å². The molecule has 2 aliphatic heterocycles. The van der Waals surface area contributed by atoms with E-state index in [-0.39, 0.29) is 23.7 Å². The molecule has 0 saturated carbocycles. The van der Waals surface area contributed by atoms with Gasteiger partial charge in [-0.25, -0.2) is 18.4 Å². The molecule has 1 aromatic rings. The van der Waals surface area contributed by atoms with Crippen molar-refractivity contribution in [2.75, 3.05) is 41.9 Å². The van der Waals surface area contributed by atoms with Gasteiger partial charge in [0, 0.05) is 32.3 Å². The van der Waals surface area contributed by atoms with Crippen LogP contribution in [0.3, 0.4) is 0 Å². The number of hydrogen-bond acceptors (Lipinski definition) is 7. The normalized spacial score (nSPS) is 26.3. The fraction of sp³-hybridized carbons (Fsp3) is 0.733. The summed E-state index contributed by atoms with van der Waals surface area (Å²) in [6.07, 6.45) is 3.08. The molecule has 0 aliphatic carbocycles. The molecule has 0 bridgehead atoms. The quantitative estimate of drug-likeness (QED) is 0.856. The monoisotopic (exact) mass is 340 g/mol. The van der Waals surface area contributed by atoms with E-state index in [9.17, 15) is 8.42 Å². The van der Waals surface area contributed by atoms with Gasteiger partial charge in [-0.3, -0.25) is 0 Å². The van der Waals surface area contributed by atoms with Gasteiger partial charge in [0.05, 0.1) is 17.6 Å². The molecule has 8 heteroatoms. The Morgan fingerprint density at radius 2 is 2.22 bits per heavy atom. The lowest BCUT2D eigenvalue weighted by Gasteiger charge is -2.25. The fourth-order valence-electron chi connectivity index (χ4n) is 3.11. The summed E-state index contributed by atoms with van der Waals surface area (Å²) < 4.78 is 29.0. The predicted octanol–water partition coefficient (Wildman–Crippen LogP) is 0.999. The first-order chi connectivity index (χ1) is 10.9. The predicted molar refractivity (Wildman–Crippen MR) is 89.7 cm³/mol. The molecule has 2 saturated heterocycles. The van der Waals surface area contributed by atoms with E-state index < -0.39 is 9.84 Å². The van der Waals surface area contributed by atoms with Crippen LogP contribution >= 0.6 is 0 Å². The zero-order valence-electron chi connectivity index (χ0n) is 13.7. The van der Waals surface area contributed by atoms with Crippen LogP contribution in [0.1, 0.15) is 25.1 Å². The van der Waals surface area contributed by atoms with Gasteiger partial charge >= 0.3 is 0 Å². The number of ether oxygens (including phenoxy) is 1. The second kappa shape index (κ2) is 6.60. The van der Waals surface area contributed by atoms with E-state index in [0.29, 0.717) is 12.2 Å². The van der Waals surface area contributed by atoms with Crippen LogP contribution in [0.4, 0.5) is 11.6 Å². The van der Waals surface area contributed by atoms with Crippen molar-refractivity contribution in [2.24, 2.45) is 0 Å². The maximum absolute atomic E-state index is 11.7. The Balaban J connectivity index is 1.69. The molecule has 1 N–H and O–H groups in total. The van der Waals surface area contributed by atoms with E-state index in [1.54, 1.807) is 0 Å².